The predicted molar refractivity (Wildman–Crippen MR) is 69.0 cm³/mol. The van der Waals surface area contributed by atoms with E-state index in [1.165, 1.54) is 0 Å². The van der Waals surface area contributed by atoms with Crippen molar-refractivity contribution in [2.45, 2.75) is 26.3 Å². The van der Waals surface area contributed by atoms with Crippen molar-refractivity contribution in [3.63, 3.8) is 0 Å². The molecule has 1 N–H and O–H groups in total. The average Bonchev–Trinajstić information content (AvgIpc) is 2.67. The molecule has 17 heavy (non-hydrogen) atoms. The van der Waals surface area contributed by atoms with Crippen LogP contribution in [0, 0.1) is 5.92 Å². The van der Waals surface area contributed by atoms with Gasteiger partial charge in [0.15, 0.2) is 0 Å². The Morgan fingerprint density at radius 3 is 2.88 bits per heavy atom. The van der Waals surface area contributed by atoms with Crippen molar-refractivity contribution in [1.29, 1.82) is 0 Å². The molecular formula is C12H19N3OS. The van der Waals surface area contributed by atoms with E-state index in [1.807, 2.05) is 16.5 Å². The number of rotatable bonds is 5. The highest BCUT2D eigenvalue weighted by Gasteiger charge is 2.30. The van der Waals surface area contributed by atoms with Crippen molar-refractivity contribution in [2.24, 2.45) is 5.92 Å². The van der Waals surface area contributed by atoms with E-state index >= 15 is 0 Å². The maximum Gasteiger partial charge on any atom is 0.228 e. The molecule has 0 spiro atoms. The van der Waals surface area contributed by atoms with Crippen molar-refractivity contribution in [3.8, 4) is 0 Å². The lowest BCUT2D eigenvalue weighted by Crippen LogP contribution is -2.53. The summed E-state index contributed by atoms with van der Waals surface area (Å²) in [5.41, 5.74) is 0. The zero-order valence-electron chi connectivity index (χ0n) is 10.3. The molecule has 2 heterocycles. The summed E-state index contributed by atoms with van der Waals surface area (Å²) >= 11 is 1.66. The Kier molecular flexibility index (Phi) is 4.12. The summed E-state index contributed by atoms with van der Waals surface area (Å²) in [4.78, 5) is 18.4. The maximum atomic E-state index is 12.2. The Labute approximate surface area is 106 Å². The molecule has 0 radical (unpaired) electrons. The van der Waals surface area contributed by atoms with Crippen molar-refractivity contribution < 1.29 is 4.79 Å². The van der Waals surface area contributed by atoms with Crippen LogP contribution in [-0.4, -0.2) is 41.5 Å². The molecule has 4 nitrogen and oxygen atoms in total. The molecule has 5 heteroatoms. The Morgan fingerprint density at radius 1 is 1.65 bits per heavy atom. The van der Waals surface area contributed by atoms with Crippen molar-refractivity contribution in [2.75, 3.05) is 19.6 Å². The minimum atomic E-state index is 0.189. The number of hydrogen-bond acceptors (Lipinski definition) is 4. The van der Waals surface area contributed by atoms with Crippen LogP contribution in [0.2, 0.25) is 0 Å². The third-order valence-electron chi connectivity index (χ3n) is 3.09. The highest BCUT2D eigenvalue weighted by molar-refractivity contribution is 7.09. The molecule has 1 amide bonds. The fourth-order valence-corrected chi connectivity index (χ4v) is 2.52. The van der Waals surface area contributed by atoms with E-state index in [0.717, 1.165) is 31.1 Å². The van der Waals surface area contributed by atoms with Gasteiger partial charge in [-0.15, -0.1) is 11.3 Å². The molecule has 94 valence electrons. The summed E-state index contributed by atoms with van der Waals surface area (Å²) in [6.45, 7) is 6.59. The number of thiazole rings is 1. The monoisotopic (exact) mass is 253 g/mol. The number of hydrogen-bond donors (Lipinski definition) is 1. The number of amides is 1. The van der Waals surface area contributed by atoms with Gasteiger partial charge in [0.25, 0.3) is 0 Å². The van der Waals surface area contributed by atoms with Gasteiger partial charge in [-0.3, -0.25) is 4.79 Å². The van der Waals surface area contributed by atoms with E-state index in [-0.39, 0.29) is 17.9 Å². The zero-order valence-corrected chi connectivity index (χ0v) is 11.2. The third kappa shape index (κ3) is 3.04. The molecule has 0 unspecified atom stereocenters. The second-order valence-corrected chi connectivity index (χ2v) is 5.64. The highest BCUT2D eigenvalue weighted by Crippen LogP contribution is 2.13. The number of nitrogens with zero attached hydrogens (tertiary/aromatic N) is 2. The average molecular weight is 253 g/mol. The molecule has 0 aromatic carbocycles. The van der Waals surface area contributed by atoms with Gasteiger partial charge in [0.1, 0.15) is 0 Å². The Bertz CT molecular complexity index is 360. The van der Waals surface area contributed by atoms with Gasteiger partial charge in [-0.05, 0) is 13.8 Å². The molecule has 1 saturated heterocycles. The SMILES string of the molecule is CC(C)N(CCc1nccs1)C(=O)C1CNC1. The van der Waals surface area contributed by atoms with Crippen LogP contribution in [0.1, 0.15) is 18.9 Å². The van der Waals surface area contributed by atoms with Crippen molar-refractivity contribution in [1.82, 2.24) is 15.2 Å². The number of carbonyl (C=O) groups excluding carboxylic acids is 1. The smallest absolute Gasteiger partial charge is 0.228 e. The van der Waals surface area contributed by atoms with Gasteiger partial charge in [-0.1, -0.05) is 0 Å². The molecule has 1 fully saturated rings. The van der Waals surface area contributed by atoms with Gasteiger partial charge in [0.2, 0.25) is 5.91 Å². The summed E-state index contributed by atoms with van der Waals surface area (Å²) in [6.07, 6.45) is 2.68. The van der Waals surface area contributed by atoms with Crippen LogP contribution in [-0.2, 0) is 11.2 Å². The molecule has 1 aromatic rings. The summed E-state index contributed by atoms with van der Waals surface area (Å²) in [6, 6.07) is 0.267. The molecule has 1 aromatic heterocycles. The molecular weight excluding hydrogens is 234 g/mol. The molecule has 2 rings (SSSR count). The lowest BCUT2D eigenvalue weighted by atomic mass is 10.0. The fourth-order valence-electron chi connectivity index (χ4n) is 1.91. The van der Waals surface area contributed by atoms with Crippen LogP contribution in [0.5, 0.6) is 0 Å². The fraction of sp³-hybridized carbons (Fsp3) is 0.667. The van der Waals surface area contributed by atoms with Gasteiger partial charge in [0, 0.05) is 43.7 Å². The van der Waals surface area contributed by atoms with Gasteiger partial charge >= 0.3 is 0 Å². The largest absolute Gasteiger partial charge is 0.340 e. The first-order valence-corrected chi connectivity index (χ1v) is 6.96. The van der Waals surface area contributed by atoms with Crippen molar-refractivity contribution >= 4 is 17.2 Å². The summed E-state index contributed by atoms with van der Waals surface area (Å²) in [5.74, 6) is 0.476. The Morgan fingerprint density at radius 2 is 2.41 bits per heavy atom. The van der Waals surface area contributed by atoms with Crippen LogP contribution in [0.25, 0.3) is 0 Å². The highest BCUT2D eigenvalue weighted by atomic mass is 32.1. The van der Waals surface area contributed by atoms with Gasteiger partial charge < -0.3 is 10.2 Å². The van der Waals surface area contributed by atoms with E-state index in [0.29, 0.717) is 0 Å². The number of nitrogens with one attached hydrogen (secondary N) is 1. The van der Waals surface area contributed by atoms with E-state index < -0.39 is 0 Å². The molecule has 0 aliphatic carbocycles. The molecule has 1 aliphatic heterocycles. The summed E-state index contributed by atoms with van der Waals surface area (Å²) in [7, 11) is 0. The van der Waals surface area contributed by atoms with Crippen LogP contribution in [0.15, 0.2) is 11.6 Å². The van der Waals surface area contributed by atoms with Gasteiger partial charge in [-0.25, -0.2) is 4.98 Å². The maximum absolute atomic E-state index is 12.2. The third-order valence-corrected chi connectivity index (χ3v) is 3.93. The first-order chi connectivity index (χ1) is 8.18. The Hall–Kier alpha value is -0.940. The minimum absolute atomic E-state index is 0.189. The van der Waals surface area contributed by atoms with Crippen LogP contribution in [0.3, 0.4) is 0 Å². The molecule has 0 bridgehead atoms. The topological polar surface area (TPSA) is 45.2 Å². The normalized spacial score (nSPS) is 15.9. The zero-order chi connectivity index (χ0) is 12.3. The van der Waals surface area contributed by atoms with E-state index in [4.69, 9.17) is 0 Å². The van der Waals surface area contributed by atoms with Crippen LogP contribution < -0.4 is 5.32 Å². The van der Waals surface area contributed by atoms with E-state index in [1.54, 1.807) is 11.3 Å². The number of carbonyl (C=O) groups is 1. The summed E-state index contributed by atoms with van der Waals surface area (Å²) in [5, 5.41) is 6.23. The lowest BCUT2D eigenvalue weighted by molar-refractivity contribution is -0.138. The first-order valence-electron chi connectivity index (χ1n) is 6.08. The van der Waals surface area contributed by atoms with Crippen LogP contribution >= 0.6 is 11.3 Å². The lowest BCUT2D eigenvalue weighted by Gasteiger charge is -2.34. The predicted octanol–water partition coefficient (Wildman–Crippen LogP) is 1.14. The second kappa shape index (κ2) is 5.60. The Balaban J connectivity index is 1.90. The minimum Gasteiger partial charge on any atom is -0.340 e. The van der Waals surface area contributed by atoms with Crippen LogP contribution in [0.4, 0.5) is 0 Å². The standard InChI is InChI=1S/C12H19N3OS/c1-9(2)15(12(16)10-7-13-8-10)5-3-11-14-4-6-17-11/h4,6,9-10,13H,3,5,7-8H2,1-2H3. The van der Waals surface area contributed by atoms with E-state index in [2.05, 4.69) is 24.1 Å². The molecule has 1 aliphatic rings. The first kappa shape index (κ1) is 12.5. The van der Waals surface area contributed by atoms with Crippen molar-refractivity contribution in [3.05, 3.63) is 16.6 Å². The van der Waals surface area contributed by atoms with Gasteiger partial charge in [-0.2, -0.15) is 0 Å². The second-order valence-electron chi connectivity index (χ2n) is 4.66. The van der Waals surface area contributed by atoms with E-state index in [9.17, 15) is 4.79 Å². The molecule has 0 saturated carbocycles. The summed E-state index contributed by atoms with van der Waals surface area (Å²) < 4.78 is 0. The quantitative estimate of drug-likeness (QED) is 0.856. The van der Waals surface area contributed by atoms with Gasteiger partial charge in [0.05, 0.1) is 10.9 Å². The number of aromatic nitrogens is 1. The molecule has 0 atom stereocenters.